The summed E-state index contributed by atoms with van der Waals surface area (Å²) in [6.07, 6.45) is 1.78. The number of nitrogen functional groups attached to an aromatic ring is 1. The van der Waals surface area contributed by atoms with Gasteiger partial charge in [-0.15, -0.1) is 0 Å². The molecular formula is C13H22N2O2S. The lowest BCUT2D eigenvalue weighted by atomic mass is 10.2. The molecule has 1 aromatic carbocycles. The van der Waals surface area contributed by atoms with Crippen LogP contribution < -0.4 is 15.8 Å². The zero-order valence-electron chi connectivity index (χ0n) is 11.4. The van der Waals surface area contributed by atoms with Crippen LogP contribution >= 0.6 is 0 Å². The Bertz CT molecular complexity index is 421. The van der Waals surface area contributed by atoms with Gasteiger partial charge in [0.2, 0.25) is 0 Å². The van der Waals surface area contributed by atoms with Crippen LogP contribution in [0.25, 0.3) is 0 Å². The van der Waals surface area contributed by atoms with E-state index < -0.39 is 10.8 Å². The van der Waals surface area contributed by atoms with Crippen LogP contribution in [0.5, 0.6) is 5.75 Å². The minimum absolute atomic E-state index is 0.0862. The molecule has 0 fully saturated rings. The van der Waals surface area contributed by atoms with E-state index in [2.05, 4.69) is 5.32 Å². The summed E-state index contributed by atoms with van der Waals surface area (Å²) < 4.78 is 16.8. The van der Waals surface area contributed by atoms with E-state index in [0.717, 1.165) is 5.69 Å². The standard InChI is InChI=1S/C13H22N2O2S/c1-9(2)17-12-7-5-6-11(13(12)14)15-10(3)8-18(4)16/h5-7,9-10,15H,8,14H2,1-4H3. The summed E-state index contributed by atoms with van der Waals surface area (Å²) in [5.74, 6) is 1.27. The van der Waals surface area contributed by atoms with Crippen LogP contribution in [0.4, 0.5) is 11.4 Å². The minimum Gasteiger partial charge on any atom is -0.489 e. The Labute approximate surface area is 111 Å². The summed E-state index contributed by atoms with van der Waals surface area (Å²) in [5.41, 5.74) is 7.47. The Morgan fingerprint density at radius 1 is 1.39 bits per heavy atom. The van der Waals surface area contributed by atoms with E-state index >= 15 is 0 Å². The van der Waals surface area contributed by atoms with Crippen LogP contribution in [0, 0.1) is 0 Å². The van der Waals surface area contributed by atoms with Crippen LogP contribution in [0.1, 0.15) is 20.8 Å². The molecule has 0 aromatic heterocycles. The first-order valence-electron chi connectivity index (χ1n) is 6.02. The Morgan fingerprint density at radius 2 is 2.06 bits per heavy atom. The van der Waals surface area contributed by atoms with Crippen molar-refractivity contribution >= 4 is 22.2 Å². The third-order valence-corrected chi connectivity index (χ3v) is 3.28. The average Bonchev–Trinajstić information content (AvgIpc) is 2.22. The van der Waals surface area contributed by atoms with Crippen LogP contribution in [-0.2, 0) is 10.8 Å². The van der Waals surface area contributed by atoms with E-state index in [-0.39, 0.29) is 12.1 Å². The molecule has 0 saturated carbocycles. The van der Waals surface area contributed by atoms with Crippen molar-refractivity contribution in [2.24, 2.45) is 0 Å². The van der Waals surface area contributed by atoms with E-state index in [0.29, 0.717) is 17.2 Å². The molecule has 0 heterocycles. The third-order valence-electron chi connectivity index (χ3n) is 2.32. The molecule has 1 rings (SSSR count). The van der Waals surface area contributed by atoms with E-state index in [1.165, 1.54) is 0 Å². The molecule has 2 unspecified atom stereocenters. The first-order chi connectivity index (χ1) is 8.40. The minimum atomic E-state index is -0.825. The van der Waals surface area contributed by atoms with Crippen molar-refractivity contribution < 1.29 is 8.95 Å². The molecule has 0 amide bonds. The molecule has 1 aromatic rings. The Hall–Kier alpha value is -1.23. The van der Waals surface area contributed by atoms with Gasteiger partial charge in [-0.1, -0.05) is 6.07 Å². The summed E-state index contributed by atoms with van der Waals surface area (Å²) in [6, 6.07) is 5.75. The smallest absolute Gasteiger partial charge is 0.144 e. The lowest BCUT2D eigenvalue weighted by Gasteiger charge is -2.18. The van der Waals surface area contributed by atoms with Crippen LogP contribution in [0.3, 0.4) is 0 Å². The normalized spacial score (nSPS) is 14.3. The highest BCUT2D eigenvalue weighted by Crippen LogP contribution is 2.30. The zero-order valence-corrected chi connectivity index (χ0v) is 12.2. The average molecular weight is 270 g/mol. The summed E-state index contributed by atoms with van der Waals surface area (Å²) in [4.78, 5) is 0. The van der Waals surface area contributed by atoms with Gasteiger partial charge in [-0.2, -0.15) is 0 Å². The van der Waals surface area contributed by atoms with Gasteiger partial charge in [0.15, 0.2) is 0 Å². The topological polar surface area (TPSA) is 64.3 Å². The molecule has 18 heavy (non-hydrogen) atoms. The fourth-order valence-corrected chi connectivity index (χ4v) is 2.47. The van der Waals surface area contributed by atoms with Crippen molar-refractivity contribution in [3.63, 3.8) is 0 Å². The van der Waals surface area contributed by atoms with Gasteiger partial charge in [0.05, 0.1) is 17.5 Å². The van der Waals surface area contributed by atoms with Gasteiger partial charge >= 0.3 is 0 Å². The molecular weight excluding hydrogens is 248 g/mol. The van der Waals surface area contributed by atoms with Gasteiger partial charge in [-0.05, 0) is 32.9 Å². The van der Waals surface area contributed by atoms with Gasteiger partial charge in [0.25, 0.3) is 0 Å². The number of hydrogen-bond donors (Lipinski definition) is 2. The van der Waals surface area contributed by atoms with Gasteiger partial charge in [-0.3, -0.25) is 4.21 Å². The number of benzene rings is 1. The van der Waals surface area contributed by atoms with Crippen molar-refractivity contribution in [3.8, 4) is 5.75 Å². The maximum absolute atomic E-state index is 11.2. The summed E-state index contributed by atoms with van der Waals surface area (Å²) in [6.45, 7) is 5.90. The second-order valence-corrected chi connectivity index (χ2v) is 6.15. The number of rotatable bonds is 6. The van der Waals surface area contributed by atoms with Crippen molar-refractivity contribution in [1.82, 2.24) is 0 Å². The van der Waals surface area contributed by atoms with E-state index in [1.54, 1.807) is 6.26 Å². The molecule has 0 saturated heterocycles. The largest absolute Gasteiger partial charge is 0.489 e. The number of nitrogens with two attached hydrogens (primary N) is 1. The van der Waals surface area contributed by atoms with E-state index in [9.17, 15) is 4.21 Å². The van der Waals surface area contributed by atoms with Crippen LogP contribution in [-0.4, -0.2) is 28.4 Å². The predicted molar refractivity (Wildman–Crippen MR) is 78.6 cm³/mol. The van der Waals surface area contributed by atoms with Crippen LogP contribution in [0.2, 0.25) is 0 Å². The molecule has 0 bridgehead atoms. The quantitative estimate of drug-likeness (QED) is 0.778. The molecule has 2 atom stereocenters. The molecule has 0 aliphatic heterocycles. The second kappa shape index (κ2) is 6.64. The number of ether oxygens (including phenoxy) is 1. The third kappa shape index (κ3) is 4.56. The molecule has 4 nitrogen and oxygen atoms in total. The molecule has 102 valence electrons. The highest BCUT2D eigenvalue weighted by atomic mass is 32.2. The van der Waals surface area contributed by atoms with Crippen molar-refractivity contribution in [2.75, 3.05) is 23.1 Å². The molecule has 0 spiro atoms. The predicted octanol–water partition coefficient (Wildman–Crippen LogP) is 2.23. The highest BCUT2D eigenvalue weighted by Gasteiger charge is 2.10. The number of anilines is 2. The maximum atomic E-state index is 11.2. The van der Waals surface area contributed by atoms with E-state index in [4.69, 9.17) is 10.5 Å². The summed E-state index contributed by atoms with van der Waals surface area (Å²) in [7, 11) is -0.825. The summed E-state index contributed by atoms with van der Waals surface area (Å²) in [5, 5.41) is 3.26. The monoisotopic (exact) mass is 270 g/mol. The molecule has 3 N–H and O–H groups in total. The fraction of sp³-hybridized carbons (Fsp3) is 0.538. The molecule has 0 radical (unpaired) electrons. The van der Waals surface area contributed by atoms with Gasteiger partial charge in [0.1, 0.15) is 5.75 Å². The Kier molecular flexibility index (Phi) is 5.47. The highest BCUT2D eigenvalue weighted by molar-refractivity contribution is 7.84. The van der Waals surface area contributed by atoms with Crippen LogP contribution in [0.15, 0.2) is 18.2 Å². The number of nitrogens with one attached hydrogen (secondary N) is 1. The first-order valence-corrected chi connectivity index (χ1v) is 7.74. The fourth-order valence-electron chi connectivity index (χ4n) is 1.69. The van der Waals surface area contributed by atoms with Gasteiger partial charge in [-0.25, -0.2) is 0 Å². The molecule has 0 aliphatic carbocycles. The van der Waals surface area contributed by atoms with E-state index in [1.807, 2.05) is 39.0 Å². The Morgan fingerprint density at radius 3 is 2.61 bits per heavy atom. The van der Waals surface area contributed by atoms with Crippen molar-refractivity contribution in [2.45, 2.75) is 32.9 Å². The molecule has 0 aliphatic rings. The summed E-state index contributed by atoms with van der Waals surface area (Å²) >= 11 is 0. The van der Waals surface area contributed by atoms with Gasteiger partial charge in [0, 0.05) is 28.9 Å². The van der Waals surface area contributed by atoms with Gasteiger partial charge < -0.3 is 15.8 Å². The lowest BCUT2D eigenvalue weighted by Crippen LogP contribution is -2.23. The maximum Gasteiger partial charge on any atom is 0.144 e. The number of hydrogen-bond acceptors (Lipinski definition) is 4. The van der Waals surface area contributed by atoms with Crippen molar-refractivity contribution in [3.05, 3.63) is 18.2 Å². The van der Waals surface area contributed by atoms with Crippen molar-refractivity contribution in [1.29, 1.82) is 0 Å². The lowest BCUT2D eigenvalue weighted by molar-refractivity contribution is 0.244. The SMILES string of the molecule is CC(CS(C)=O)Nc1cccc(OC(C)C)c1N. The number of para-hydroxylation sites is 1. The molecule has 5 heteroatoms. The second-order valence-electron chi connectivity index (χ2n) is 4.67. The zero-order chi connectivity index (χ0) is 13.7. The Balaban J connectivity index is 2.80. The first kappa shape index (κ1) is 14.8.